The van der Waals surface area contributed by atoms with Crippen molar-refractivity contribution >= 4 is 5.96 Å². The molecule has 0 radical (unpaired) electrons. The first-order valence-electron chi connectivity index (χ1n) is 7.88. The molecule has 3 nitrogen and oxygen atoms in total. The SMILES string of the molecule is C=C(C)CN=C(N)NCC1CCC(c2ccccc2)CC1. The molecule has 0 aromatic heterocycles. The van der Waals surface area contributed by atoms with E-state index < -0.39 is 0 Å². The van der Waals surface area contributed by atoms with Crippen molar-refractivity contribution in [3.63, 3.8) is 0 Å². The highest BCUT2D eigenvalue weighted by Gasteiger charge is 2.22. The number of nitrogens with two attached hydrogens (primary N) is 1. The van der Waals surface area contributed by atoms with Gasteiger partial charge in [-0.05, 0) is 50.0 Å². The third-order valence-corrected chi connectivity index (χ3v) is 4.21. The van der Waals surface area contributed by atoms with Crippen LogP contribution in [0, 0.1) is 5.92 Å². The minimum Gasteiger partial charge on any atom is -0.370 e. The number of hydrogen-bond acceptors (Lipinski definition) is 1. The number of nitrogens with zero attached hydrogens (tertiary/aromatic N) is 1. The van der Waals surface area contributed by atoms with Gasteiger partial charge in [-0.1, -0.05) is 42.5 Å². The maximum Gasteiger partial charge on any atom is 0.188 e. The standard InChI is InChI=1S/C18H27N3/c1-14(2)12-20-18(19)21-13-15-8-10-17(11-9-15)16-6-4-3-5-7-16/h3-7,15,17H,1,8-13H2,2H3,(H3,19,20,21). The summed E-state index contributed by atoms with van der Waals surface area (Å²) < 4.78 is 0. The Morgan fingerprint density at radius 1 is 1.24 bits per heavy atom. The molecule has 0 amide bonds. The Bertz CT molecular complexity index is 470. The summed E-state index contributed by atoms with van der Waals surface area (Å²) in [6.07, 6.45) is 5.08. The largest absolute Gasteiger partial charge is 0.370 e. The first kappa shape index (κ1) is 15.6. The van der Waals surface area contributed by atoms with E-state index in [9.17, 15) is 0 Å². The molecule has 0 unspecified atom stereocenters. The average Bonchev–Trinajstić information content (AvgIpc) is 2.52. The Kier molecular flexibility index (Phi) is 5.85. The lowest BCUT2D eigenvalue weighted by atomic mass is 9.79. The average molecular weight is 285 g/mol. The van der Waals surface area contributed by atoms with Gasteiger partial charge < -0.3 is 11.1 Å². The highest BCUT2D eigenvalue weighted by atomic mass is 15.1. The van der Waals surface area contributed by atoms with Crippen molar-refractivity contribution in [2.75, 3.05) is 13.1 Å². The molecule has 0 spiro atoms. The molecule has 0 bridgehead atoms. The van der Waals surface area contributed by atoms with Crippen LogP contribution in [0.2, 0.25) is 0 Å². The lowest BCUT2D eigenvalue weighted by Crippen LogP contribution is -2.36. The van der Waals surface area contributed by atoms with E-state index in [1.807, 2.05) is 6.92 Å². The topological polar surface area (TPSA) is 50.4 Å². The molecule has 1 aromatic carbocycles. The Morgan fingerprint density at radius 2 is 1.90 bits per heavy atom. The van der Waals surface area contributed by atoms with Crippen LogP contribution in [-0.2, 0) is 0 Å². The predicted octanol–water partition coefficient (Wildman–Crippen LogP) is 3.44. The fraction of sp³-hybridized carbons (Fsp3) is 0.500. The van der Waals surface area contributed by atoms with Crippen LogP contribution in [0.4, 0.5) is 0 Å². The maximum atomic E-state index is 5.86. The summed E-state index contributed by atoms with van der Waals surface area (Å²) in [5, 5.41) is 3.25. The van der Waals surface area contributed by atoms with Crippen molar-refractivity contribution in [2.24, 2.45) is 16.6 Å². The van der Waals surface area contributed by atoms with E-state index in [1.165, 1.54) is 31.2 Å². The summed E-state index contributed by atoms with van der Waals surface area (Å²) in [5.74, 6) is 1.99. The Hall–Kier alpha value is -1.77. The monoisotopic (exact) mass is 285 g/mol. The van der Waals surface area contributed by atoms with Crippen LogP contribution < -0.4 is 11.1 Å². The van der Waals surface area contributed by atoms with Gasteiger partial charge >= 0.3 is 0 Å². The lowest BCUT2D eigenvalue weighted by Gasteiger charge is -2.29. The van der Waals surface area contributed by atoms with Crippen molar-refractivity contribution in [2.45, 2.75) is 38.5 Å². The Labute approximate surface area is 128 Å². The molecule has 1 fully saturated rings. The van der Waals surface area contributed by atoms with E-state index in [-0.39, 0.29) is 0 Å². The van der Waals surface area contributed by atoms with Gasteiger partial charge in [-0.25, -0.2) is 4.99 Å². The molecule has 3 heteroatoms. The van der Waals surface area contributed by atoms with E-state index in [4.69, 9.17) is 5.73 Å². The van der Waals surface area contributed by atoms with Crippen molar-refractivity contribution in [3.05, 3.63) is 48.0 Å². The summed E-state index contributed by atoms with van der Waals surface area (Å²) in [4.78, 5) is 4.25. The summed E-state index contributed by atoms with van der Waals surface area (Å²) in [5.41, 5.74) is 8.38. The van der Waals surface area contributed by atoms with E-state index >= 15 is 0 Å². The maximum absolute atomic E-state index is 5.86. The second-order valence-electron chi connectivity index (χ2n) is 6.17. The number of benzene rings is 1. The van der Waals surface area contributed by atoms with E-state index in [0.717, 1.165) is 18.0 Å². The summed E-state index contributed by atoms with van der Waals surface area (Å²) >= 11 is 0. The van der Waals surface area contributed by atoms with Gasteiger partial charge in [0.2, 0.25) is 0 Å². The molecular formula is C18H27N3. The predicted molar refractivity (Wildman–Crippen MR) is 90.4 cm³/mol. The van der Waals surface area contributed by atoms with Gasteiger partial charge in [0.15, 0.2) is 5.96 Å². The number of hydrogen-bond donors (Lipinski definition) is 2. The number of guanidine groups is 1. The van der Waals surface area contributed by atoms with Gasteiger partial charge in [-0.15, -0.1) is 0 Å². The number of aliphatic imine (C=N–C) groups is 1. The van der Waals surface area contributed by atoms with Gasteiger partial charge in [0.1, 0.15) is 0 Å². The quantitative estimate of drug-likeness (QED) is 0.494. The highest BCUT2D eigenvalue weighted by Crippen LogP contribution is 2.35. The summed E-state index contributed by atoms with van der Waals surface area (Å²) in [6.45, 7) is 7.33. The molecule has 0 heterocycles. The highest BCUT2D eigenvalue weighted by molar-refractivity contribution is 5.77. The molecule has 1 saturated carbocycles. The molecule has 21 heavy (non-hydrogen) atoms. The van der Waals surface area contributed by atoms with Crippen molar-refractivity contribution in [1.82, 2.24) is 5.32 Å². The molecule has 0 atom stereocenters. The molecule has 114 valence electrons. The normalized spacial score (nSPS) is 22.8. The smallest absolute Gasteiger partial charge is 0.188 e. The van der Waals surface area contributed by atoms with Crippen molar-refractivity contribution in [3.8, 4) is 0 Å². The molecule has 0 aliphatic heterocycles. The number of rotatable bonds is 5. The summed E-state index contributed by atoms with van der Waals surface area (Å²) in [6, 6.07) is 10.9. The summed E-state index contributed by atoms with van der Waals surface area (Å²) in [7, 11) is 0. The minimum atomic E-state index is 0.545. The first-order chi connectivity index (χ1) is 10.1. The second-order valence-corrected chi connectivity index (χ2v) is 6.17. The molecule has 1 aliphatic rings. The second kappa shape index (κ2) is 7.87. The van der Waals surface area contributed by atoms with Crippen molar-refractivity contribution in [1.29, 1.82) is 0 Å². The molecule has 0 saturated heterocycles. The fourth-order valence-electron chi connectivity index (χ4n) is 2.95. The van der Waals surface area contributed by atoms with Gasteiger partial charge in [-0.2, -0.15) is 0 Å². The molecular weight excluding hydrogens is 258 g/mol. The van der Waals surface area contributed by atoms with Crippen LogP contribution in [0.5, 0.6) is 0 Å². The van der Waals surface area contributed by atoms with E-state index in [1.54, 1.807) is 0 Å². The van der Waals surface area contributed by atoms with Crippen LogP contribution >= 0.6 is 0 Å². The van der Waals surface area contributed by atoms with Crippen LogP contribution in [0.1, 0.15) is 44.1 Å². The Morgan fingerprint density at radius 3 is 2.52 bits per heavy atom. The first-order valence-corrected chi connectivity index (χ1v) is 7.88. The van der Waals surface area contributed by atoms with Gasteiger partial charge in [0, 0.05) is 6.54 Å². The number of nitrogens with one attached hydrogen (secondary N) is 1. The van der Waals surface area contributed by atoms with Gasteiger partial charge in [-0.3, -0.25) is 0 Å². The van der Waals surface area contributed by atoms with Gasteiger partial charge in [0.25, 0.3) is 0 Å². The minimum absolute atomic E-state index is 0.545. The zero-order chi connectivity index (χ0) is 15.1. The molecule has 3 N–H and O–H groups in total. The van der Waals surface area contributed by atoms with Crippen LogP contribution in [0.25, 0.3) is 0 Å². The van der Waals surface area contributed by atoms with Crippen LogP contribution in [0.3, 0.4) is 0 Å². The zero-order valence-corrected chi connectivity index (χ0v) is 13.0. The molecule has 2 rings (SSSR count). The van der Waals surface area contributed by atoms with Crippen molar-refractivity contribution < 1.29 is 0 Å². The third kappa shape index (κ3) is 5.25. The molecule has 1 aromatic rings. The van der Waals surface area contributed by atoms with Gasteiger partial charge in [0.05, 0.1) is 6.54 Å². The van der Waals surface area contributed by atoms with E-state index in [2.05, 4.69) is 47.2 Å². The third-order valence-electron chi connectivity index (χ3n) is 4.21. The van der Waals surface area contributed by atoms with Crippen LogP contribution in [-0.4, -0.2) is 19.0 Å². The zero-order valence-electron chi connectivity index (χ0n) is 13.0. The molecule has 1 aliphatic carbocycles. The fourth-order valence-corrected chi connectivity index (χ4v) is 2.95. The lowest BCUT2D eigenvalue weighted by molar-refractivity contribution is 0.325. The van der Waals surface area contributed by atoms with Crippen LogP contribution in [0.15, 0.2) is 47.5 Å². The Balaban J connectivity index is 1.72. The van der Waals surface area contributed by atoms with E-state index in [0.29, 0.717) is 18.4 Å².